The van der Waals surface area contributed by atoms with Crippen molar-refractivity contribution in [3.05, 3.63) is 40.7 Å². The van der Waals surface area contributed by atoms with Crippen molar-refractivity contribution < 1.29 is 18.2 Å². The number of hydrogen-bond acceptors (Lipinski definition) is 8. The third-order valence-corrected chi connectivity index (χ3v) is 26.3. The van der Waals surface area contributed by atoms with Crippen molar-refractivity contribution in [1.82, 2.24) is 14.9 Å². The molecule has 2 aromatic rings. The number of nitro benzene ring substituents is 1. The van der Waals surface area contributed by atoms with E-state index < -0.39 is 25.0 Å². The lowest BCUT2D eigenvalue weighted by atomic mass is 9.88. The van der Waals surface area contributed by atoms with E-state index in [0.29, 0.717) is 36.1 Å². The van der Waals surface area contributed by atoms with Crippen LogP contribution in [0.15, 0.2) is 30.6 Å². The highest BCUT2D eigenvalue weighted by Crippen LogP contribution is 2.44. The first kappa shape index (κ1) is 45.5. The van der Waals surface area contributed by atoms with Crippen molar-refractivity contribution in [2.75, 3.05) is 31.6 Å². The molecule has 1 aliphatic rings. The molecule has 0 saturated carbocycles. The largest absolute Gasteiger partial charge is 0.415 e. The number of rotatable bonds is 17. The standard InChI is InChI=1S/C40H75N5O5Si3/c1-30-28-44(26-20-18-17-19-23-41-32-22-21-31(27-33(32)45(46)47)37-42-24-25-43-37)34(29-48-51(11,12)38(2,3)4)36(50-53(15,16)40(8,9)10)35(30)49-52(13,14)39(5,6)7/h21-22,24-25,27,30,34-36,41H,17-20,23,26,28-29H2,1-16H3,(H,42,43)/t30-,34+,35+,36+/m0/s1. The smallest absolute Gasteiger partial charge is 0.293 e. The van der Waals surface area contributed by atoms with Crippen molar-refractivity contribution >= 4 is 36.3 Å². The van der Waals surface area contributed by atoms with Crippen LogP contribution in [0.3, 0.4) is 0 Å². The number of likely N-dealkylation sites (tertiary alicyclic amines) is 1. The lowest BCUT2D eigenvalue weighted by Crippen LogP contribution is -2.66. The van der Waals surface area contributed by atoms with Gasteiger partial charge in [-0.2, -0.15) is 0 Å². The number of nitrogens with one attached hydrogen (secondary N) is 2. The first-order valence-corrected chi connectivity index (χ1v) is 28.7. The highest BCUT2D eigenvalue weighted by molar-refractivity contribution is 6.75. The van der Waals surface area contributed by atoms with E-state index in [2.05, 4.69) is 129 Å². The van der Waals surface area contributed by atoms with E-state index in [9.17, 15) is 10.1 Å². The Hall–Kier alpha value is -1.88. The normalized spacial score (nSPS) is 21.2. The van der Waals surface area contributed by atoms with Gasteiger partial charge in [0.05, 0.1) is 29.8 Å². The van der Waals surface area contributed by atoms with Gasteiger partial charge in [-0.1, -0.05) is 82.1 Å². The summed E-state index contributed by atoms with van der Waals surface area (Å²) in [5.74, 6) is 0.940. The zero-order valence-corrected chi connectivity index (χ0v) is 39.2. The number of nitrogens with zero attached hydrogens (tertiary/aromatic N) is 3. The first-order valence-electron chi connectivity index (χ1n) is 19.9. The molecule has 302 valence electrons. The number of aromatic amines is 1. The summed E-state index contributed by atoms with van der Waals surface area (Å²) in [6, 6.07) is 5.33. The molecule has 4 atom stereocenters. The molecule has 2 heterocycles. The van der Waals surface area contributed by atoms with Crippen LogP contribution in [0.25, 0.3) is 11.4 Å². The molecule has 2 N–H and O–H groups in total. The van der Waals surface area contributed by atoms with Gasteiger partial charge in [-0.25, -0.2) is 4.98 Å². The van der Waals surface area contributed by atoms with Gasteiger partial charge in [0.25, 0.3) is 5.69 Å². The topological polar surface area (TPSA) is 115 Å². The van der Waals surface area contributed by atoms with Gasteiger partial charge >= 0.3 is 0 Å². The Kier molecular flexibility index (Phi) is 15.0. The second-order valence-corrected chi connectivity index (χ2v) is 34.4. The number of imidazole rings is 1. The fourth-order valence-corrected chi connectivity index (χ4v) is 9.86. The van der Waals surface area contributed by atoms with Crippen molar-refractivity contribution in [2.24, 2.45) is 5.92 Å². The molecule has 0 radical (unpaired) electrons. The average molecular weight is 790 g/mol. The predicted molar refractivity (Wildman–Crippen MR) is 229 cm³/mol. The Morgan fingerprint density at radius 1 is 0.868 bits per heavy atom. The molecule has 0 spiro atoms. The SMILES string of the molecule is C[C@H]1CN(CCCCCCNc2ccc(-c3ncc[nH]3)cc2[N+](=O)[O-])[C@H](CO[Si](C)(C)C(C)(C)C)[C@@H](O[Si](C)(C)C(C)(C)C)[C@@H]1O[Si](C)(C)C(C)(C)C. The van der Waals surface area contributed by atoms with Crippen molar-refractivity contribution in [2.45, 2.75) is 168 Å². The number of nitro groups is 1. The summed E-state index contributed by atoms with van der Waals surface area (Å²) in [6.45, 7) is 40.8. The fourth-order valence-electron chi connectivity index (χ4n) is 6.11. The third kappa shape index (κ3) is 11.8. The van der Waals surface area contributed by atoms with Crippen LogP contribution in [0.1, 0.15) is 94.9 Å². The van der Waals surface area contributed by atoms with Crippen molar-refractivity contribution in [1.29, 1.82) is 0 Å². The molecule has 1 aromatic carbocycles. The maximum atomic E-state index is 11.9. The lowest BCUT2D eigenvalue weighted by molar-refractivity contribution is -0.383. The van der Waals surface area contributed by atoms with E-state index in [0.717, 1.165) is 38.8 Å². The Balaban J connectivity index is 1.76. The lowest BCUT2D eigenvalue weighted by Gasteiger charge is -2.54. The van der Waals surface area contributed by atoms with Crippen LogP contribution in [-0.2, 0) is 13.3 Å². The first-order chi connectivity index (χ1) is 24.2. The minimum atomic E-state index is -2.17. The summed E-state index contributed by atoms with van der Waals surface area (Å²) in [5.41, 5.74) is 1.30. The Labute approximate surface area is 325 Å². The molecule has 3 rings (SSSR count). The summed E-state index contributed by atoms with van der Waals surface area (Å²) < 4.78 is 21.9. The monoisotopic (exact) mass is 790 g/mol. The van der Waals surface area contributed by atoms with Crippen LogP contribution in [0.2, 0.25) is 54.4 Å². The number of hydrogen-bond donors (Lipinski definition) is 2. The van der Waals surface area contributed by atoms with E-state index in [4.69, 9.17) is 13.3 Å². The molecular formula is C40H75N5O5Si3. The maximum absolute atomic E-state index is 11.9. The molecule has 0 bridgehead atoms. The highest BCUT2D eigenvalue weighted by atomic mass is 28.4. The molecule has 53 heavy (non-hydrogen) atoms. The molecule has 1 fully saturated rings. The predicted octanol–water partition coefficient (Wildman–Crippen LogP) is 11.1. The summed E-state index contributed by atoms with van der Waals surface area (Å²) in [6.07, 6.45) is 7.43. The summed E-state index contributed by atoms with van der Waals surface area (Å²) >= 11 is 0. The maximum Gasteiger partial charge on any atom is 0.293 e. The van der Waals surface area contributed by atoms with Crippen LogP contribution in [0, 0.1) is 16.0 Å². The van der Waals surface area contributed by atoms with Gasteiger partial charge in [0.15, 0.2) is 25.0 Å². The fraction of sp³-hybridized carbons (Fsp3) is 0.775. The summed E-state index contributed by atoms with van der Waals surface area (Å²) in [4.78, 5) is 21.5. The molecule has 0 amide bonds. The van der Waals surface area contributed by atoms with Gasteiger partial charge in [-0.05, 0) is 91.8 Å². The minimum Gasteiger partial charge on any atom is -0.415 e. The van der Waals surface area contributed by atoms with E-state index in [1.165, 1.54) is 0 Å². The Bertz CT molecular complexity index is 1460. The van der Waals surface area contributed by atoms with Crippen molar-refractivity contribution in [3.63, 3.8) is 0 Å². The summed E-state index contributed by atoms with van der Waals surface area (Å²) in [7, 11) is -6.29. The van der Waals surface area contributed by atoms with Crippen molar-refractivity contribution in [3.8, 4) is 11.4 Å². The van der Waals surface area contributed by atoms with Crippen LogP contribution in [0.5, 0.6) is 0 Å². The summed E-state index contributed by atoms with van der Waals surface area (Å²) in [5, 5.41) is 15.5. The number of benzene rings is 1. The molecule has 0 aliphatic carbocycles. The van der Waals surface area contributed by atoms with E-state index in [1.807, 2.05) is 6.07 Å². The number of unbranched alkanes of at least 4 members (excludes halogenated alkanes) is 3. The van der Waals surface area contributed by atoms with Crippen LogP contribution in [-0.4, -0.2) is 89.2 Å². The molecule has 10 nitrogen and oxygen atoms in total. The zero-order valence-electron chi connectivity index (χ0n) is 36.2. The van der Waals surface area contributed by atoms with Crippen LogP contribution in [0.4, 0.5) is 11.4 Å². The molecule has 1 saturated heterocycles. The van der Waals surface area contributed by atoms with Gasteiger partial charge in [-0.3, -0.25) is 15.0 Å². The molecule has 1 aliphatic heterocycles. The molecule has 0 unspecified atom stereocenters. The van der Waals surface area contributed by atoms with E-state index >= 15 is 0 Å². The van der Waals surface area contributed by atoms with Crippen LogP contribution >= 0.6 is 0 Å². The van der Waals surface area contributed by atoms with E-state index in [-0.39, 0.29) is 44.0 Å². The highest BCUT2D eigenvalue weighted by Gasteiger charge is 2.52. The van der Waals surface area contributed by atoms with Crippen LogP contribution < -0.4 is 5.32 Å². The van der Waals surface area contributed by atoms with E-state index in [1.54, 1.807) is 24.5 Å². The van der Waals surface area contributed by atoms with Gasteiger partial charge < -0.3 is 23.6 Å². The third-order valence-electron chi connectivity index (χ3n) is 12.8. The number of anilines is 1. The average Bonchev–Trinajstić information content (AvgIpc) is 3.55. The Morgan fingerprint density at radius 3 is 1.96 bits per heavy atom. The zero-order chi connectivity index (χ0) is 40.2. The quantitative estimate of drug-likeness (QED) is 0.0705. The second kappa shape index (κ2) is 17.5. The number of H-pyrrole nitrogens is 1. The Morgan fingerprint density at radius 2 is 1.43 bits per heavy atom. The van der Waals surface area contributed by atoms with Gasteiger partial charge in [-0.15, -0.1) is 0 Å². The van der Waals surface area contributed by atoms with Gasteiger partial charge in [0, 0.05) is 37.1 Å². The number of piperidine rings is 1. The molecule has 1 aromatic heterocycles. The molecular weight excluding hydrogens is 715 g/mol. The molecule has 13 heteroatoms. The number of aromatic nitrogens is 2. The second-order valence-electron chi connectivity index (χ2n) is 20.1. The van der Waals surface area contributed by atoms with Gasteiger partial charge in [0.2, 0.25) is 0 Å². The minimum absolute atomic E-state index is 0.0116. The van der Waals surface area contributed by atoms with Gasteiger partial charge in [0.1, 0.15) is 11.5 Å².